The van der Waals surface area contributed by atoms with Crippen molar-refractivity contribution in [3.63, 3.8) is 0 Å². The summed E-state index contributed by atoms with van der Waals surface area (Å²) in [5, 5.41) is 0. The second-order valence-corrected chi connectivity index (χ2v) is 5.99. The number of rotatable bonds is 2. The molecular weight excluding hydrogens is 237 g/mol. The predicted molar refractivity (Wildman–Crippen MR) is 57.9 cm³/mol. The maximum Gasteiger partial charge on any atom is 0.256 e. The lowest BCUT2D eigenvalue weighted by Gasteiger charge is -2.10. The van der Waals surface area contributed by atoms with E-state index in [-0.39, 0.29) is 0 Å². The van der Waals surface area contributed by atoms with Gasteiger partial charge in [-0.15, -0.1) is 0 Å². The van der Waals surface area contributed by atoms with E-state index in [1.54, 1.807) is 0 Å². The number of benzene rings is 1. The highest BCUT2D eigenvalue weighted by atomic mass is 35.6. The highest BCUT2D eigenvalue weighted by Crippen LogP contribution is 2.38. The molecule has 0 radical (unpaired) electrons. The highest BCUT2D eigenvalue weighted by molar-refractivity contribution is 8.05. The molecule has 0 saturated heterocycles. The maximum absolute atomic E-state index is 5.51. The molecule has 1 rings (SSSR count). The summed E-state index contributed by atoms with van der Waals surface area (Å²) in [4.78, 5) is 0. The van der Waals surface area contributed by atoms with Gasteiger partial charge >= 0.3 is 0 Å². The molecule has 0 amide bonds. The minimum atomic E-state index is -1.32. The predicted octanol–water partition coefficient (Wildman–Crippen LogP) is 4.07. The van der Waals surface area contributed by atoms with Crippen LogP contribution in [0.2, 0.25) is 0 Å². The molecule has 0 unspecified atom stereocenters. The van der Waals surface area contributed by atoms with E-state index in [2.05, 4.69) is 4.72 Å². The van der Waals surface area contributed by atoms with Gasteiger partial charge in [-0.2, -0.15) is 0 Å². The van der Waals surface area contributed by atoms with E-state index in [0.717, 1.165) is 17.6 Å². The summed E-state index contributed by atoms with van der Waals surface area (Å²) in [6, 6.07) is 9.51. The molecule has 0 bridgehead atoms. The SMILES string of the molecule is ClC(Cl)(Cl)SNc1ccccc1. The smallest absolute Gasteiger partial charge is 0.256 e. The van der Waals surface area contributed by atoms with Gasteiger partial charge in [0.25, 0.3) is 3.12 Å². The van der Waals surface area contributed by atoms with Crippen molar-refractivity contribution in [3.8, 4) is 0 Å². The molecule has 5 heteroatoms. The quantitative estimate of drug-likeness (QED) is 0.620. The van der Waals surface area contributed by atoms with Gasteiger partial charge in [0.15, 0.2) is 0 Å². The number of nitrogens with one attached hydrogen (secondary N) is 1. The summed E-state index contributed by atoms with van der Waals surface area (Å²) in [5.41, 5.74) is 0.911. The molecule has 1 aromatic carbocycles. The van der Waals surface area contributed by atoms with Crippen molar-refractivity contribution in [2.45, 2.75) is 3.12 Å². The van der Waals surface area contributed by atoms with E-state index in [1.807, 2.05) is 30.3 Å². The third-order valence-electron chi connectivity index (χ3n) is 1.06. The van der Waals surface area contributed by atoms with E-state index in [1.165, 1.54) is 0 Å². The molecule has 0 aliphatic carbocycles. The minimum absolute atomic E-state index is 0.911. The average Bonchev–Trinajstić information content (AvgIpc) is 2.02. The van der Waals surface area contributed by atoms with Crippen LogP contribution in [-0.2, 0) is 0 Å². The third kappa shape index (κ3) is 4.31. The van der Waals surface area contributed by atoms with Crippen LogP contribution in [0.1, 0.15) is 0 Å². The maximum atomic E-state index is 5.51. The Morgan fingerprint density at radius 2 is 1.67 bits per heavy atom. The number of hydrogen-bond acceptors (Lipinski definition) is 2. The van der Waals surface area contributed by atoms with Crippen LogP contribution < -0.4 is 4.72 Å². The number of halogens is 3. The van der Waals surface area contributed by atoms with Gasteiger partial charge in [-0.25, -0.2) is 0 Å². The van der Waals surface area contributed by atoms with E-state index < -0.39 is 3.12 Å². The van der Waals surface area contributed by atoms with E-state index in [4.69, 9.17) is 34.8 Å². The van der Waals surface area contributed by atoms with Crippen LogP contribution in [0.5, 0.6) is 0 Å². The fourth-order valence-electron chi connectivity index (χ4n) is 0.623. The molecule has 1 nitrogen and oxygen atoms in total. The molecule has 12 heavy (non-hydrogen) atoms. The van der Waals surface area contributed by atoms with Gasteiger partial charge in [-0.05, 0) is 12.1 Å². The van der Waals surface area contributed by atoms with Crippen LogP contribution in [0.4, 0.5) is 5.69 Å². The lowest BCUT2D eigenvalue weighted by Crippen LogP contribution is -1.99. The molecule has 0 atom stereocenters. The van der Waals surface area contributed by atoms with Gasteiger partial charge in [0.2, 0.25) is 0 Å². The largest absolute Gasteiger partial charge is 0.326 e. The Hall–Kier alpha value is 0.240. The van der Waals surface area contributed by atoms with Crippen molar-refractivity contribution in [1.82, 2.24) is 0 Å². The zero-order valence-electron chi connectivity index (χ0n) is 5.93. The topological polar surface area (TPSA) is 12.0 Å². The Morgan fingerprint density at radius 1 is 1.08 bits per heavy atom. The molecular formula is C7H6Cl3NS. The van der Waals surface area contributed by atoms with Gasteiger partial charge in [0, 0.05) is 17.6 Å². The Balaban J connectivity index is 2.44. The summed E-state index contributed by atoms with van der Waals surface area (Å²) in [6.07, 6.45) is 0. The number of anilines is 1. The third-order valence-corrected chi connectivity index (χ3v) is 2.32. The zero-order valence-corrected chi connectivity index (χ0v) is 9.01. The van der Waals surface area contributed by atoms with Crippen LogP contribution in [-0.4, -0.2) is 3.12 Å². The van der Waals surface area contributed by atoms with Crippen LogP contribution in [0, 0.1) is 0 Å². The Morgan fingerprint density at radius 3 is 2.17 bits per heavy atom. The Bertz CT molecular complexity index is 234. The second-order valence-electron chi connectivity index (χ2n) is 2.02. The molecule has 0 fully saturated rings. The van der Waals surface area contributed by atoms with Gasteiger partial charge in [-0.1, -0.05) is 53.0 Å². The number of hydrogen-bond donors (Lipinski definition) is 1. The van der Waals surface area contributed by atoms with Crippen LogP contribution in [0.25, 0.3) is 0 Å². The summed E-state index contributed by atoms with van der Waals surface area (Å²) >= 11 is 17.6. The first-order valence-corrected chi connectivity index (χ1v) is 5.09. The van der Waals surface area contributed by atoms with E-state index in [9.17, 15) is 0 Å². The van der Waals surface area contributed by atoms with Gasteiger partial charge in [-0.3, -0.25) is 0 Å². The van der Waals surface area contributed by atoms with Crippen molar-refractivity contribution in [1.29, 1.82) is 0 Å². The van der Waals surface area contributed by atoms with Crippen molar-refractivity contribution >= 4 is 52.4 Å². The first-order valence-electron chi connectivity index (χ1n) is 3.14. The molecule has 0 aliphatic heterocycles. The highest BCUT2D eigenvalue weighted by Gasteiger charge is 2.20. The lowest BCUT2D eigenvalue weighted by molar-refractivity contribution is 1.66. The van der Waals surface area contributed by atoms with Gasteiger partial charge < -0.3 is 4.72 Å². The summed E-state index contributed by atoms with van der Waals surface area (Å²) in [5.74, 6) is 0. The lowest BCUT2D eigenvalue weighted by atomic mass is 10.3. The first-order chi connectivity index (χ1) is 5.58. The fourth-order valence-corrected chi connectivity index (χ4v) is 1.34. The average molecular weight is 243 g/mol. The monoisotopic (exact) mass is 241 g/mol. The van der Waals surface area contributed by atoms with Gasteiger partial charge in [0.05, 0.1) is 0 Å². The standard InChI is InChI=1S/C7H6Cl3NS/c8-7(9,10)12-11-6-4-2-1-3-5-6/h1-5,11H. The second kappa shape index (κ2) is 4.47. The molecule has 0 heterocycles. The zero-order chi connectivity index (χ0) is 9.03. The molecule has 66 valence electrons. The van der Waals surface area contributed by atoms with Crippen molar-refractivity contribution in [2.75, 3.05) is 4.72 Å². The molecule has 1 aromatic rings. The molecule has 0 aromatic heterocycles. The first kappa shape index (κ1) is 10.3. The molecule has 1 N–H and O–H groups in total. The molecule has 0 spiro atoms. The van der Waals surface area contributed by atoms with Crippen molar-refractivity contribution in [3.05, 3.63) is 30.3 Å². The number of alkyl halides is 3. The number of para-hydroxylation sites is 1. The fraction of sp³-hybridized carbons (Fsp3) is 0.143. The van der Waals surface area contributed by atoms with Crippen LogP contribution in [0.15, 0.2) is 30.3 Å². The minimum Gasteiger partial charge on any atom is -0.326 e. The van der Waals surface area contributed by atoms with Gasteiger partial charge in [0.1, 0.15) is 0 Å². The van der Waals surface area contributed by atoms with Crippen molar-refractivity contribution in [2.24, 2.45) is 0 Å². The van der Waals surface area contributed by atoms with Crippen molar-refractivity contribution < 1.29 is 0 Å². The van der Waals surface area contributed by atoms with Crippen LogP contribution in [0.3, 0.4) is 0 Å². The molecule has 0 aliphatic rings. The van der Waals surface area contributed by atoms with E-state index >= 15 is 0 Å². The summed E-state index contributed by atoms with van der Waals surface area (Å²) in [7, 11) is 0. The van der Waals surface area contributed by atoms with Crippen LogP contribution >= 0.6 is 46.8 Å². The Labute approximate surface area is 90.5 Å². The Kier molecular flexibility index (Phi) is 3.84. The normalized spacial score (nSPS) is 11.2. The molecule has 0 saturated carbocycles. The summed E-state index contributed by atoms with van der Waals surface area (Å²) in [6.45, 7) is 0. The summed E-state index contributed by atoms with van der Waals surface area (Å²) < 4.78 is 1.58. The van der Waals surface area contributed by atoms with E-state index in [0.29, 0.717) is 0 Å².